The number of hydrogen-bond acceptors (Lipinski definition) is 2. The quantitative estimate of drug-likeness (QED) is 0.849. The Hall–Kier alpha value is -1.09. The molecule has 0 aliphatic heterocycles. The first kappa shape index (κ1) is 12.4. The molecule has 0 amide bonds. The van der Waals surface area contributed by atoms with E-state index in [1.165, 1.54) is 20.0 Å². The van der Waals surface area contributed by atoms with Crippen molar-refractivity contribution in [2.75, 3.05) is 14.2 Å². The Bertz CT molecular complexity index is 390. The zero-order valence-corrected chi connectivity index (χ0v) is 10.7. The molecule has 0 saturated heterocycles. The minimum Gasteiger partial charge on any atom is -0.494 e. The lowest BCUT2D eigenvalue weighted by atomic mass is 9.90. The molecule has 1 aliphatic rings. The van der Waals surface area contributed by atoms with Gasteiger partial charge in [0.05, 0.1) is 7.11 Å². The van der Waals surface area contributed by atoms with Gasteiger partial charge in [0.2, 0.25) is 0 Å². The number of methoxy groups -OCH3 is 1. The Morgan fingerprint density at radius 1 is 1.41 bits per heavy atom. The summed E-state index contributed by atoms with van der Waals surface area (Å²) in [5.41, 5.74) is 0.714. The van der Waals surface area contributed by atoms with E-state index in [1.807, 2.05) is 19.2 Å². The van der Waals surface area contributed by atoms with Crippen molar-refractivity contribution in [1.82, 2.24) is 5.32 Å². The van der Waals surface area contributed by atoms with Crippen LogP contribution in [0.3, 0.4) is 0 Å². The maximum atomic E-state index is 14.2. The fourth-order valence-electron chi connectivity index (χ4n) is 2.52. The highest BCUT2D eigenvalue weighted by Crippen LogP contribution is 2.43. The molecule has 0 spiro atoms. The Labute approximate surface area is 102 Å². The maximum absolute atomic E-state index is 14.2. The fraction of sp³-hybridized carbons (Fsp3) is 0.571. The molecule has 3 heteroatoms. The SMILES string of the molecule is CNC(c1cccc(OC)c1F)C(C)C1CC1. The second-order valence-electron chi connectivity index (χ2n) is 4.83. The predicted molar refractivity (Wildman–Crippen MR) is 66.6 cm³/mol. The predicted octanol–water partition coefficient (Wildman–Crippen LogP) is 3.14. The molecule has 2 unspecified atom stereocenters. The average Bonchev–Trinajstić information content (AvgIpc) is 3.16. The summed E-state index contributed by atoms with van der Waals surface area (Å²) < 4.78 is 19.2. The van der Waals surface area contributed by atoms with Crippen LogP contribution >= 0.6 is 0 Å². The fourth-order valence-corrected chi connectivity index (χ4v) is 2.52. The minimum absolute atomic E-state index is 0.0672. The molecule has 1 saturated carbocycles. The van der Waals surface area contributed by atoms with Crippen molar-refractivity contribution in [1.29, 1.82) is 0 Å². The molecular formula is C14H20FNO. The van der Waals surface area contributed by atoms with E-state index in [4.69, 9.17) is 4.74 Å². The maximum Gasteiger partial charge on any atom is 0.169 e. The van der Waals surface area contributed by atoms with Crippen LogP contribution in [0.5, 0.6) is 5.75 Å². The summed E-state index contributed by atoms with van der Waals surface area (Å²) in [4.78, 5) is 0. The molecule has 1 N–H and O–H groups in total. The van der Waals surface area contributed by atoms with Crippen molar-refractivity contribution in [2.24, 2.45) is 11.8 Å². The lowest BCUT2D eigenvalue weighted by molar-refractivity contribution is 0.344. The van der Waals surface area contributed by atoms with Crippen LogP contribution in [0.1, 0.15) is 31.4 Å². The molecule has 0 aromatic heterocycles. The molecule has 0 heterocycles. The van der Waals surface area contributed by atoms with Gasteiger partial charge in [0.15, 0.2) is 11.6 Å². The lowest BCUT2D eigenvalue weighted by Crippen LogP contribution is -2.25. The van der Waals surface area contributed by atoms with Gasteiger partial charge in [-0.05, 0) is 37.8 Å². The zero-order valence-electron chi connectivity index (χ0n) is 10.7. The second kappa shape index (κ2) is 5.05. The number of rotatable bonds is 5. The molecule has 2 nitrogen and oxygen atoms in total. The van der Waals surface area contributed by atoms with Gasteiger partial charge in [-0.25, -0.2) is 4.39 Å². The van der Waals surface area contributed by atoms with Crippen molar-refractivity contribution in [3.8, 4) is 5.75 Å². The Morgan fingerprint density at radius 2 is 2.12 bits per heavy atom. The van der Waals surface area contributed by atoms with Crippen LogP contribution in [0.2, 0.25) is 0 Å². The number of halogens is 1. The molecule has 94 valence electrons. The van der Waals surface area contributed by atoms with E-state index in [0.29, 0.717) is 17.2 Å². The third kappa shape index (κ3) is 2.44. The van der Waals surface area contributed by atoms with Gasteiger partial charge in [-0.2, -0.15) is 0 Å². The second-order valence-corrected chi connectivity index (χ2v) is 4.83. The van der Waals surface area contributed by atoms with Crippen LogP contribution in [0.25, 0.3) is 0 Å². The first-order chi connectivity index (χ1) is 8.19. The van der Waals surface area contributed by atoms with Gasteiger partial charge in [0, 0.05) is 11.6 Å². The monoisotopic (exact) mass is 237 g/mol. The molecule has 1 fully saturated rings. The molecular weight excluding hydrogens is 217 g/mol. The van der Waals surface area contributed by atoms with Crippen LogP contribution in [-0.2, 0) is 0 Å². The zero-order chi connectivity index (χ0) is 12.4. The van der Waals surface area contributed by atoms with E-state index < -0.39 is 0 Å². The standard InChI is InChI=1S/C14H20FNO/c1-9(10-7-8-10)14(16-2)11-5-4-6-12(17-3)13(11)15/h4-6,9-10,14,16H,7-8H2,1-3H3. The van der Waals surface area contributed by atoms with Crippen molar-refractivity contribution < 1.29 is 9.13 Å². The Balaban J connectivity index is 2.29. The molecule has 2 atom stereocenters. The molecule has 0 bridgehead atoms. The Morgan fingerprint density at radius 3 is 2.65 bits per heavy atom. The number of hydrogen-bond donors (Lipinski definition) is 1. The Kier molecular flexibility index (Phi) is 3.67. The highest BCUT2D eigenvalue weighted by Gasteiger charge is 2.34. The summed E-state index contributed by atoms with van der Waals surface area (Å²) in [6.07, 6.45) is 2.54. The molecule has 0 radical (unpaired) electrons. The van der Waals surface area contributed by atoms with Gasteiger partial charge in [-0.3, -0.25) is 0 Å². The van der Waals surface area contributed by atoms with Gasteiger partial charge < -0.3 is 10.1 Å². The molecule has 1 aromatic carbocycles. The first-order valence-corrected chi connectivity index (χ1v) is 6.18. The van der Waals surface area contributed by atoms with E-state index in [2.05, 4.69) is 12.2 Å². The van der Waals surface area contributed by atoms with Gasteiger partial charge in [-0.15, -0.1) is 0 Å². The van der Waals surface area contributed by atoms with E-state index in [1.54, 1.807) is 6.07 Å². The van der Waals surface area contributed by atoms with E-state index in [0.717, 1.165) is 5.92 Å². The molecule has 1 aliphatic carbocycles. The number of benzene rings is 1. The first-order valence-electron chi connectivity index (χ1n) is 6.18. The van der Waals surface area contributed by atoms with Crippen LogP contribution in [-0.4, -0.2) is 14.2 Å². The molecule has 1 aromatic rings. The summed E-state index contributed by atoms with van der Waals surface area (Å²) in [6, 6.07) is 5.42. The van der Waals surface area contributed by atoms with Gasteiger partial charge in [0.25, 0.3) is 0 Å². The topological polar surface area (TPSA) is 21.3 Å². The molecule has 17 heavy (non-hydrogen) atoms. The van der Waals surface area contributed by atoms with Crippen LogP contribution in [0.4, 0.5) is 4.39 Å². The van der Waals surface area contributed by atoms with E-state index in [-0.39, 0.29) is 11.9 Å². The highest BCUT2D eigenvalue weighted by atomic mass is 19.1. The largest absolute Gasteiger partial charge is 0.494 e. The summed E-state index contributed by atoms with van der Waals surface area (Å²) in [7, 11) is 3.39. The van der Waals surface area contributed by atoms with Crippen LogP contribution < -0.4 is 10.1 Å². The third-order valence-electron chi connectivity index (χ3n) is 3.75. The van der Waals surface area contributed by atoms with E-state index >= 15 is 0 Å². The lowest BCUT2D eigenvalue weighted by Gasteiger charge is -2.24. The summed E-state index contributed by atoms with van der Waals surface area (Å²) in [5, 5.41) is 3.24. The van der Waals surface area contributed by atoms with Crippen LogP contribution in [0.15, 0.2) is 18.2 Å². The third-order valence-corrected chi connectivity index (χ3v) is 3.75. The summed E-state index contributed by atoms with van der Waals surface area (Å²) in [6.45, 7) is 2.19. The summed E-state index contributed by atoms with van der Waals surface area (Å²) in [5.74, 6) is 1.28. The van der Waals surface area contributed by atoms with Crippen molar-refractivity contribution in [2.45, 2.75) is 25.8 Å². The summed E-state index contributed by atoms with van der Waals surface area (Å²) >= 11 is 0. The van der Waals surface area contributed by atoms with Crippen molar-refractivity contribution in [3.05, 3.63) is 29.6 Å². The normalized spacial score (nSPS) is 18.8. The van der Waals surface area contributed by atoms with Gasteiger partial charge in [-0.1, -0.05) is 19.1 Å². The van der Waals surface area contributed by atoms with E-state index in [9.17, 15) is 4.39 Å². The number of ether oxygens (including phenoxy) is 1. The molecule has 2 rings (SSSR count). The smallest absolute Gasteiger partial charge is 0.169 e. The van der Waals surface area contributed by atoms with Crippen molar-refractivity contribution >= 4 is 0 Å². The average molecular weight is 237 g/mol. The van der Waals surface area contributed by atoms with Gasteiger partial charge >= 0.3 is 0 Å². The minimum atomic E-state index is -0.234. The number of nitrogens with one attached hydrogen (secondary N) is 1. The van der Waals surface area contributed by atoms with Crippen LogP contribution in [0, 0.1) is 17.7 Å². The van der Waals surface area contributed by atoms with Crippen molar-refractivity contribution in [3.63, 3.8) is 0 Å². The van der Waals surface area contributed by atoms with Gasteiger partial charge in [0.1, 0.15) is 0 Å². The highest BCUT2D eigenvalue weighted by molar-refractivity contribution is 5.33.